The number of nitrogens with zero attached hydrogens (tertiary/aromatic N) is 5. The Morgan fingerprint density at radius 3 is 2.81 bits per heavy atom. The highest BCUT2D eigenvalue weighted by Crippen LogP contribution is 2.37. The van der Waals surface area contributed by atoms with Crippen LogP contribution in [0.4, 0.5) is 5.69 Å². The first-order valence-corrected chi connectivity index (χ1v) is 9.60. The van der Waals surface area contributed by atoms with E-state index in [2.05, 4.69) is 49.1 Å². The fraction of sp³-hybridized carbons (Fsp3) is 0.350. The summed E-state index contributed by atoms with van der Waals surface area (Å²) < 4.78 is 8.41. The van der Waals surface area contributed by atoms with E-state index in [1.807, 2.05) is 6.07 Å². The van der Waals surface area contributed by atoms with E-state index in [4.69, 9.17) is 9.72 Å². The van der Waals surface area contributed by atoms with Crippen LogP contribution in [0.25, 0.3) is 33.5 Å². The van der Waals surface area contributed by atoms with Gasteiger partial charge in [-0.25, -0.2) is 4.98 Å². The number of H-pyrrole nitrogens is 1. The lowest BCUT2D eigenvalue weighted by molar-refractivity contribution is 0.316. The van der Waals surface area contributed by atoms with Gasteiger partial charge in [0.15, 0.2) is 0 Å². The summed E-state index contributed by atoms with van der Waals surface area (Å²) in [4.78, 5) is 7.45. The van der Waals surface area contributed by atoms with Crippen molar-refractivity contribution in [2.24, 2.45) is 0 Å². The maximum absolute atomic E-state index is 6.11. The summed E-state index contributed by atoms with van der Waals surface area (Å²) >= 11 is 0. The molecule has 0 saturated carbocycles. The van der Waals surface area contributed by atoms with Crippen LogP contribution in [0, 0.1) is 0 Å². The van der Waals surface area contributed by atoms with Crippen molar-refractivity contribution in [1.29, 1.82) is 0 Å². The van der Waals surface area contributed by atoms with E-state index in [0.29, 0.717) is 0 Å². The van der Waals surface area contributed by atoms with Gasteiger partial charge in [-0.3, -0.25) is 5.10 Å². The van der Waals surface area contributed by atoms with Gasteiger partial charge in [-0.1, -0.05) is 5.21 Å². The van der Waals surface area contributed by atoms with Gasteiger partial charge in [0.25, 0.3) is 0 Å². The molecule has 0 spiro atoms. The normalized spacial score (nSPS) is 16.8. The molecule has 4 heterocycles. The monoisotopic (exact) mass is 360 g/mol. The second-order valence-electron chi connectivity index (χ2n) is 7.34. The van der Waals surface area contributed by atoms with Gasteiger partial charge in [0.05, 0.1) is 17.6 Å². The van der Waals surface area contributed by atoms with E-state index in [1.54, 1.807) is 0 Å². The maximum atomic E-state index is 6.11. The molecular formula is C20H20N6O. The molecule has 7 nitrogen and oxygen atoms in total. The molecule has 6 rings (SSSR count). The number of ether oxygens (including phenoxy) is 1. The van der Waals surface area contributed by atoms with Crippen LogP contribution in [0.1, 0.15) is 19.3 Å². The highest BCUT2D eigenvalue weighted by Gasteiger charge is 2.22. The average molecular weight is 360 g/mol. The number of aromatic amines is 1. The first-order chi connectivity index (χ1) is 13.4. The lowest BCUT2D eigenvalue weighted by Crippen LogP contribution is -2.17. The zero-order chi connectivity index (χ0) is 17.8. The number of rotatable bonds is 2. The fourth-order valence-electron chi connectivity index (χ4n) is 4.31. The predicted molar refractivity (Wildman–Crippen MR) is 104 cm³/mol. The molecule has 1 saturated heterocycles. The molecule has 0 bridgehead atoms. The van der Waals surface area contributed by atoms with E-state index < -0.39 is 0 Å². The third-order valence-corrected chi connectivity index (χ3v) is 5.63. The molecule has 0 radical (unpaired) electrons. The summed E-state index contributed by atoms with van der Waals surface area (Å²) in [6.45, 7) is 3.86. The van der Waals surface area contributed by atoms with E-state index in [1.165, 1.54) is 18.5 Å². The van der Waals surface area contributed by atoms with Crippen LogP contribution in [-0.4, -0.2) is 44.7 Å². The van der Waals surface area contributed by atoms with Crippen molar-refractivity contribution < 1.29 is 4.74 Å². The van der Waals surface area contributed by atoms with Gasteiger partial charge in [-0.05, 0) is 43.5 Å². The Labute approximate surface area is 155 Å². The minimum absolute atomic E-state index is 0.738. The van der Waals surface area contributed by atoms with Crippen molar-refractivity contribution in [3.63, 3.8) is 0 Å². The standard InChI is InChI=1S/C20H20N6O/c1-2-7-25(6-1)14-11-17-19-18(12-14)27-9-3-8-26(19)20(21-17)13-4-5-15-16(10-13)23-24-22-15/h4-5,10-12H,1-3,6-9H2,(H,22,23,24). The van der Waals surface area contributed by atoms with Gasteiger partial charge in [0.1, 0.15) is 22.6 Å². The second-order valence-corrected chi connectivity index (χ2v) is 7.34. The van der Waals surface area contributed by atoms with Crippen molar-refractivity contribution in [2.45, 2.75) is 25.8 Å². The number of aromatic nitrogens is 5. The first-order valence-electron chi connectivity index (χ1n) is 9.60. The van der Waals surface area contributed by atoms with Crippen LogP contribution in [-0.2, 0) is 6.54 Å². The van der Waals surface area contributed by atoms with Crippen LogP contribution < -0.4 is 9.64 Å². The Balaban J connectivity index is 1.57. The molecule has 0 aliphatic carbocycles. The summed E-state index contributed by atoms with van der Waals surface area (Å²) in [6, 6.07) is 10.6. The first kappa shape index (κ1) is 15.0. The third kappa shape index (κ3) is 2.31. The number of imidazole rings is 1. The zero-order valence-electron chi connectivity index (χ0n) is 15.0. The van der Waals surface area contributed by atoms with Crippen LogP contribution in [0.2, 0.25) is 0 Å². The minimum atomic E-state index is 0.738. The Kier molecular flexibility index (Phi) is 3.17. The van der Waals surface area contributed by atoms with Gasteiger partial charge in [-0.15, -0.1) is 5.10 Å². The summed E-state index contributed by atoms with van der Waals surface area (Å²) in [5.74, 6) is 1.92. The van der Waals surface area contributed by atoms with Crippen LogP contribution in [0.5, 0.6) is 5.75 Å². The molecule has 1 fully saturated rings. The van der Waals surface area contributed by atoms with Gasteiger partial charge in [-0.2, -0.15) is 0 Å². The molecule has 7 heteroatoms. The van der Waals surface area contributed by atoms with Crippen molar-refractivity contribution in [3.8, 4) is 17.1 Å². The fourth-order valence-corrected chi connectivity index (χ4v) is 4.31. The summed E-state index contributed by atoms with van der Waals surface area (Å²) in [5.41, 5.74) is 6.18. The Hall–Kier alpha value is -3.09. The van der Waals surface area contributed by atoms with Gasteiger partial charge in [0, 0.05) is 37.0 Å². The van der Waals surface area contributed by atoms with E-state index in [0.717, 1.165) is 71.9 Å². The van der Waals surface area contributed by atoms with Crippen molar-refractivity contribution in [1.82, 2.24) is 25.0 Å². The number of anilines is 1. The van der Waals surface area contributed by atoms with Gasteiger partial charge >= 0.3 is 0 Å². The molecule has 0 unspecified atom stereocenters. The molecular weight excluding hydrogens is 340 g/mol. The molecule has 2 aromatic carbocycles. The number of fused-ring (bicyclic) bond motifs is 1. The Morgan fingerprint density at radius 2 is 1.89 bits per heavy atom. The average Bonchev–Trinajstić information content (AvgIpc) is 3.40. The molecule has 1 N–H and O–H groups in total. The van der Waals surface area contributed by atoms with Gasteiger partial charge in [0.2, 0.25) is 0 Å². The number of hydrogen-bond acceptors (Lipinski definition) is 5. The molecule has 27 heavy (non-hydrogen) atoms. The Bertz CT molecular complexity index is 1150. The molecule has 136 valence electrons. The molecule has 0 amide bonds. The maximum Gasteiger partial charge on any atom is 0.147 e. The summed E-state index contributed by atoms with van der Waals surface area (Å²) in [6.07, 6.45) is 3.48. The molecule has 4 aromatic rings. The SMILES string of the molecule is c1cc2[nH]nnc2cc1-c1nc2cc(N3CCCC3)cc3c2n1CCCO3. The molecule has 2 aliphatic rings. The number of hydrogen-bond donors (Lipinski definition) is 1. The van der Waals surface area contributed by atoms with Crippen molar-refractivity contribution in [2.75, 3.05) is 24.6 Å². The lowest BCUT2D eigenvalue weighted by Gasteiger charge is -2.18. The largest absolute Gasteiger partial charge is 0.491 e. The Morgan fingerprint density at radius 1 is 0.963 bits per heavy atom. The van der Waals surface area contributed by atoms with Crippen molar-refractivity contribution in [3.05, 3.63) is 30.3 Å². The number of benzene rings is 2. The topological polar surface area (TPSA) is 71.9 Å². The van der Waals surface area contributed by atoms with E-state index in [9.17, 15) is 0 Å². The van der Waals surface area contributed by atoms with E-state index in [-0.39, 0.29) is 0 Å². The number of aryl methyl sites for hydroxylation is 1. The van der Waals surface area contributed by atoms with E-state index >= 15 is 0 Å². The van der Waals surface area contributed by atoms with Crippen LogP contribution in [0.15, 0.2) is 30.3 Å². The van der Waals surface area contributed by atoms with Crippen molar-refractivity contribution >= 4 is 27.8 Å². The van der Waals surface area contributed by atoms with Gasteiger partial charge < -0.3 is 14.2 Å². The zero-order valence-corrected chi connectivity index (χ0v) is 15.0. The van der Waals surface area contributed by atoms with Crippen LogP contribution >= 0.6 is 0 Å². The second kappa shape index (κ2) is 5.70. The molecule has 0 atom stereocenters. The highest BCUT2D eigenvalue weighted by molar-refractivity contribution is 5.90. The predicted octanol–water partition coefficient (Wildman–Crippen LogP) is 3.36. The number of nitrogens with one attached hydrogen (secondary N) is 1. The minimum Gasteiger partial charge on any atom is -0.491 e. The summed E-state index contributed by atoms with van der Waals surface area (Å²) in [5, 5.41) is 11.0. The van der Waals surface area contributed by atoms with Crippen LogP contribution in [0.3, 0.4) is 0 Å². The smallest absolute Gasteiger partial charge is 0.147 e. The lowest BCUT2D eigenvalue weighted by atomic mass is 10.2. The summed E-state index contributed by atoms with van der Waals surface area (Å²) in [7, 11) is 0. The molecule has 2 aliphatic heterocycles. The quantitative estimate of drug-likeness (QED) is 0.593. The molecule has 2 aromatic heterocycles. The highest BCUT2D eigenvalue weighted by atomic mass is 16.5. The third-order valence-electron chi connectivity index (χ3n) is 5.63.